The van der Waals surface area contributed by atoms with Crippen LogP contribution >= 0.6 is 0 Å². The molecule has 1 amide bonds. The maximum atomic E-state index is 13.2. The van der Waals surface area contributed by atoms with Gasteiger partial charge in [-0.1, -0.05) is 42.8 Å². The zero-order chi connectivity index (χ0) is 25.1. The number of benzene rings is 3. The first-order valence-corrected chi connectivity index (χ1v) is 11.7. The van der Waals surface area contributed by atoms with Gasteiger partial charge in [-0.15, -0.1) is 0 Å². The molecule has 1 fully saturated rings. The van der Waals surface area contributed by atoms with E-state index in [1.54, 1.807) is 36.4 Å². The van der Waals surface area contributed by atoms with Crippen LogP contribution in [-0.2, 0) is 16.1 Å². The minimum Gasteiger partial charge on any atom is -0.508 e. The summed E-state index contributed by atoms with van der Waals surface area (Å²) in [6, 6.07) is 18.3. The third-order valence-electron chi connectivity index (χ3n) is 6.19. The average molecular weight is 472 g/mol. The lowest BCUT2D eigenvalue weighted by molar-refractivity contribution is -0.140. The number of rotatable bonds is 7. The first-order valence-electron chi connectivity index (χ1n) is 11.7. The summed E-state index contributed by atoms with van der Waals surface area (Å²) in [5, 5.41) is 21.0. The van der Waals surface area contributed by atoms with E-state index in [1.807, 2.05) is 39.0 Å². The number of aryl methyl sites for hydroxylation is 2. The van der Waals surface area contributed by atoms with Gasteiger partial charge in [-0.25, -0.2) is 0 Å². The van der Waals surface area contributed by atoms with E-state index in [1.165, 1.54) is 17.0 Å². The van der Waals surface area contributed by atoms with Crippen molar-refractivity contribution in [2.75, 3.05) is 6.61 Å². The van der Waals surface area contributed by atoms with Crippen LogP contribution in [0.2, 0.25) is 0 Å². The number of hydrogen-bond acceptors (Lipinski definition) is 5. The molecule has 35 heavy (non-hydrogen) atoms. The highest BCUT2D eigenvalue weighted by Crippen LogP contribution is 2.41. The third-order valence-corrected chi connectivity index (χ3v) is 6.19. The van der Waals surface area contributed by atoms with Gasteiger partial charge < -0.3 is 19.8 Å². The van der Waals surface area contributed by atoms with Gasteiger partial charge >= 0.3 is 0 Å². The van der Waals surface area contributed by atoms with E-state index in [9.17, 15) is 19.8 Å². The van der Waals surface area contributed by atoms with Gasteiger partial charge in [-0.3, -0.25) is 9.59 Å². The van der Waals surface area contributed by atoms with E-state index < -0.39 is 17.7 Å². The lowest BCUT2D eigenvalue weighted by atomic mass is 9.95. The van der Waals surface area contributed by atoms with E-state index >= 15 is 0 Å². The molecular formula is C29H29NO5. The average Bonchev–Trinajstić information content (AvgIpc) is 3.10. The molecule has 2 N–H and O–H groups in total. The lowest BCUT2D eigenvalue weighted by Crippen LogP contribution is -2.29. The number of aliphatic hydroxyl groups is 1. The van der Waals surface area contributed by atoms with Crippen LogP contribution in [0.4, 0.5) is 0 Å². The van der Waals surface area contributed by atoms with Gasteiger partial charge in [0.1, 0.15) is 17.3 Å². The molecule has 1 aliphatic rings. The topological polar surface area (TPSA) is 87.1 Å². The van der Waals surface area contributed by atoms with E-state index in [4.69, 9.17) is 4.74 Å². The highest BCUT2D eigenvalue weighted by molar-refractivity contribution is 6.46. The van der Waals surface area contributed by atoms with Gasteiger partial charge in [0.2, 0.25) is 0 Å². The van der Waals surface area contributed by atoms with Crippen LogP contribution in [0.5, 0.6) is 11.5 Å². The van der Waals surface area contributed by atoms with Crippen LogP contribution < -0.4 is 4.74 Å². The maximum absolute atomic E-state index is 13.2. The summed E-state index contributed by atoms with van der Waals surface area (Å²) in [5.41, 5.74) is 4.04. The zero-order valence-electron chi connectivity index (χ0n) is 20.1. The molecule has 0 spiro atoms. The quantitative estimate of drug-likeness (QED) is 0.273. The van der Waals surface area contributed by atoms with Gasteiger partial charge in [-0.2, -0.15) is 0 Å². The van der Waals surface area contributed by atoms with Gasteiger partial charge in [0.25, 0.3) is 11.7 Å². The molecule has 0 bridgehead atoms. The number of hydrogen-bond donors (Lipinski definition) is 2. The van der Waals surface area contributed by atoms with E-state index in [0.717, 1.165) is 23.1 Å². The largest absolute Gasteiger partial charge is 0.508 e. The van der Waals surface area contributed by atoms with Crippen LogP contribution in [0.25, 0.3) is 5.76 Å². The number of ketones is 1. The van der Waals surface area contributed by atoms with Crippen LogP contribution in [0, 0.1) is 13.8 Å². The van der Waals surface area contributed by atoms with Crippen molar-refractivity contribution in [3.05, 3.63) is 100 Å². The number of Topliss-reactive ketones (excluding diaryl/α,β-unsaturated/α-hetero) is 1. The molecule has 0 radical (unpaired) electrons. The summed E-state index contributed by atoms with van der Waals surface area (Å²) in [4.78, 5) is 28.0. The van der Waals surface area contributed by atoms with Crippen molar-refractivity contribution in [1.29, 1.82) is 0 Å². The summed E-state index contributed by atoms with van der Waals surface area (Å²) in [6.07, 6.45) is 0.873. The molecule has 1 saturated heterocycles. The van der Waals surface area contributed by atoms with E-state index in [-0.39, 0.29) is 23.6 Å². The number of phenols is 1. The Morgan fingerprint density at radius 3 is 2.31 bits per heavy atom. The highest BCUT2D eigenvalue weighted by Gasteiger charge is 2.46. The summed E-state index contributed by atoms with van der Waals surface area (Å²) >= 11 is 0. The summed E-state index contributed by atoms with van der Waals surface area (Å²) < 4.78 is 5.61. The molecule has 0 aliphatic carbocycles. The molecule has 3 aromatic rings. The molecule has 1 unspecified atom stereocenters. The summed E-state index contributed by atoms with van der Waals surface area (Å²) in [5.74, 6) is -0.922. The number of aliphatic hydroxyl groups excluding tert-OH is 1. The van der Waals surface area contributed by atoms with Crippen LogP contribution in [0.3, 0.4) is 0 Å². The second-order valence-corrected chi connectivity index (χ2v) is 8.82. The number of phenolic OH excluding ortho intramolecular Hbond substituents is 1. The van der Waals surface area contributed by atoms with Gasteiger partial charge in [-0.05, 0) is 73.4 Å². The Morgan fingerprint density at radius 2 is 1.66 bits per heavy atom. The van der Waals surface area contributed by atoms with Crippen molar-refractivity contribution in [2.24, 2.45) is 0 Å². The Hall–Kier alpha value is -4.06. The predicted molar refractivity (Wildman–Crippen MR) is 134 cm³/mol. The predicted octanol–water partition coefficient (Wildman–Crippen LogP) is 5.42. The molecule has 6 nitrogen and oxygen atoms in total. The summed E-state index contributed by atoms with van der Waals surface area (Å²) in [7, 11) is 0. The Kier molecular flexibility index (Phi) is 6.92. The van der Waals surface area contributed by atoms with Gasteiger partial charge in [0.05, 0.1) is 18.2 Å². The monoisotopic (exact) mass is 471 g/mol. The smallest absolute Gasteiger partial charge is 0.295 e. The number of amides is 1. The number of likely N-dealkylation sites (tertiary alicyclic amines) is 1. The summed E-state index contributed by atoms with van der Waals surface area (Å²) in [6.45, 7) is 6.74. The molecule has 4 rings (SSSR count). The van der Waals surface area contributed by atoms with Crippen molar-refractivity contribution in [3.63, 3.8) is 0 Å². The fourth-order valence-corrected chi connectivity index (χ4v) is 4.28. The van der Waals surface area contributed by atoms with Crippen molar-refractivity contribution >= 4 is 17.4 Å². The molecule has 1 aliphatic heterocycles. The van der Waals surface area contributed by atoms with Gasteiger partial charge in [0, 0.05) is 12.1 Å². The number of carbonyl (C=O) groups excluding carboxylic acids is 2. The molecule has 3 aromatic carbocycles. The zero-order valence-corrected chi connectivity index (χ0v) is 20.1. The lowest BCUT2D eigenvalue weighted by Gasteiger charge is -2.26. The normalized spacial score (nSPS) is 17.1. The molecule has 0 saturated carbocycles. The number of aromatic hydroxyl groups is 1. The molecule has 1 atom stereocenters. The van der Waals surface area contributed by atoms with Crippen LogP contribution in [0.15, 0.2) is 72.3 Å². The van der Waals surface area contributed by atoms with E-state index in [0.29, 0.717) is 23.5 Å². The molecule has 1 heterocycles. The van der Waals surface area contributed by atoms with E-state index in [2.05, 4.69) is 0 Å². The fraction of sp³-hybridized carbons (Fsp3) is 0.241. The minimum absolute atomic E-state index is 0.0215. The van der Waals surface area contributed by atoms with Crippen LogP contribution in [-0.4, -0.2) is 33.4 Å². The maximum Gasteiger partial charge on any atom is 0.295 e. The Bertz CT molecular complexity index is 1280. The Morgan fingerprint density at radius 1 is 0.971 bits per heavy atom. The highest BCUT2D eigenvalue weighted by atomic mass is 16.5. The van der Waals surface area contributed by atoms with Gasteiger partial charge in [0.15, 0.2) is 0 Å². The number of ether oxygens (including phenoxy) is 1. The standard InChI is InChI=1S/C29H29NO5/c1-4-15-35-24-13-9-21(10-14-24)27(32)25-26(20-7-11-23(31)12-8-20)30(29(34)28(25)33)17-22-16-18(2)5-6-19(22)3/h5-14,16,26,31-32H,4,15,17H2,1-3H3/b27-25+. The third kappa shape index (κ3) is 4.92. The molecule has 0 aromatic heterocycles. The SMILES string of the molecule is CCCOc1ccc(/C(O)=C2\C(=O)C(=O)N(Cc3cc(C)ccc3C)C2c2ccc(O)cc2)cc1. The first-order chi connectivity index (χ1) is 16.8. The molecular weight excluding hydrogens is 442 g/mol. The van der Waals surface area contributed by atoms with Crippen molar-refractivity contribution in [2.45, 2.75) is 39.8 Å². The number of carbonyl (C=O) groups is 2. The second-order valence-electron chi connectivity index (χ2n) is 8.82. The van der Waals surface area contributed by atoms with Crippen molar-refractivity contribution in [3.8, 4) is 11.5 Å². The molecule has 180 valence electrons. The Labute approximate surface area is 205 Å². The minimum atomic E-state index is -0.800. The van der Waals surface area contributed by atoms with Crippen molar-refractivity contribution in [1.82, 2.24) is 4.90 Å². The first kappa shape index (κ1) is 24.1. The van der Waals surface area contributed by atoms with Crippen molar-refractivity contribution < 1.29 is 24.5 Å². The van der Waals surface area contributed by atoms with Crippen LogP contribution in [0.1, 0.15) is 47.2 Å². The Balaban J connectivity index is 1.80. The number of nitrogens with zero attached hydrogens (tertiary/aromatic N) is 1. The fourth-order valence-electron chi connectivity index (χ4n) is 4.28. The molecule has 6 heteroatoms. The second kappa shape index (κ2) is 10.1.